The van der Waals surface area contributed by atoms with E-state index in [1.54, 1.807) is 0 Å². The van der Waals surface area contributed by atoms with E-state index < -0.39 is 54.3 Å². The van der Waals surface area contributed by atoms with Crippen LogP contribution in [-0.2, 0) is 19.6 Å². The van der Waals surface area contributed by atoms with Gasteiger partial charge in [0.1, 0.15) is 6.10 Å². The van der Waals surface area contributed by atoms with Crippen LogP contribution in [0.15, 0.2) is 52.2 Å². The van der Waals surface area contributed by atoms with E-state index in [1.165, 1.54) is 30.3 Å². The lowest BCUT2D eigenvalue weighted by Crippen LogP contribution is -2.65. The van der Waals surface area contributed by atoms with Gasteiger partial charge in [-0.3, -0.25) is 29.0 Å². The molecule has 0 aliphatic carbocycles. The molecular formula is C15H16N3O11P. The van der Waals surface area contributed by atoms with Crippen molar-refractivity contribution in [3.8, 4) is 0 Å². The maximum atomic E-state index is 12.5. The van der Waals surface area contributed by atoms with Crippen LogP contribution in [0.3, 0.4) is 0 Å². The number of aromatic amines is 1. The van der Waals surface area contributed by atoms with Crippen molar-refractivity contribution < 1.29 is 38.7 Å². The maximum Gasteiger partial charge on any atom is 0.469 e. The monoisotopic (exact) mass is 445 g/mol. The van der Waals surface area contributed by atoms with E-state index in [4.69, 9.17) is 14.5 Å². The Labute approximate surface area is 166 Å². The highest BCUT2D eigenvalue weighted by atomic mass is 31.2. The van der Waals surface area contributed by atoms with Crippen molar-refractivity contribution in [3.63, 3.8) is 0 Å². The Morgan fingerprint density at radius 2 is 1.90 bits per heavy atom. The maximum absolute atomic E-state index is 12.5. The standard InChI is InChI=1S/C15H16N3O11P/c19-11-6-7-17(13(21)16-11)15(9-4-2-1-3-5-9)14(22,18(23)24)12(20)10(29-15)8-28-30(25,26)27/h1-7,10,12,20,22H,8H2,(H,16,19,21)(H2,25,26,27)/t10-,12-,14-,15-/m1/s1. The van der Waals surface area contributed by atoms with Crippen molar-refractivity contribution >= 4 is 7.82 Å². The second-order valence-electron chi connectivity index (χ2n) is 6.36. The molecule has 0 amide bonds. The summed E-state index contributed by atoms with van der Waals surface area (Å²) in [6, 6.07) is 7.68. The smallest absolute Gasteiger partial charge is 0.380 e. The molecule has 0 saturated carbocycles. The summed E-state index contributed by atoms with van der Waals surface area (Å²) in [5, 5.41) is 33.6. The number of nitro groups is 1. The molecule has 0 unspecified atom stereocenters. The van der Waals surface area contributed by atoms with Gasteiger partial charge in [0.15, 0.2) is 6.10 Å². The molecule has 0 radical (unpaired) electrons. The lowest BCUT2D eigenvalue weighted by Gasteiger charge is -2.36. The predicted octanol–water partition coefficient (Wildman–Crippen LogP) is -1.93. The minimum atomic E-state index is -5.07. The number of hydrogen-bond donors (Lipinski definition) is 5. The van der Waals surface area contributed by atoms with Gasteiger partial charge in [-0.25, -0.2) is 9.36 Å². The normalized spacial score (nSPS) is 29.1. The lowest BCUT2D eigenvalue weighted by molar-refractivity contribution is -0.655. The van der Waals surface area contributed by atoms with E-state index in [2.05, 4.69) is 4.52 Å². The third-order valence-corrected chi connectivity index (χ3v) is 5.08. The minimum absolute atomic E-state index is 0.170. The SMILES string of the molecule is O=c1ccn([C@]2(c3ccccc3)O[C@H](COP(=O)(O)O)[C@@H](O)[C@]2(O)[N+](=O)[O-])c(=O)[nH]1. The van der Waals surface area contributed by atoms with Gasteiger partial charge in [0.05, 0.1) is 11.5 Å². The summed E-state index contributed by atoms with van der Waals surface area (Å²) in [7, 11) is -5.07. The number of rotatable bonds is 6. The van der Waals surface area contributed by atoms with Gasteiger partial charge in [-0.2, -0.15) is 0 Å². The topological polar surface area (TPSA) is 214 Å². The van der Waals surface area contributed by atoms with Crippen molar-refractivity contribution in [3.05, 3.63) is 79.1 Å². The average molecular weight is 445 g/mol. The largest absolute Gasteiger partial charge is 0.469 e. The summed E-state index contributed by atoms with van der Waals surface area (Å²) in [6.07, 6.45) is -3.44. The fourth-order valence-electron chi connectivity index (χ4n) is 3.34. The van der Waals surface area contributed by atoms with Crippen molar-refractivity contribution in [2.24, 2.45) is 0 Å². The van der Waals surface area contributed by atoms with E-state index in [-0.39, 0.29) is 5.56 Å². The Kier molecular flexibility index (Phi) is 5.51. The van der Waals surface area contributed by atoms with Gasteiger partial charge in [0.2, 0.25) is 0 Å². The number of H-pyrrole nitrogens is 1. The van der Waals surface area contributed by atoms with E-state index in [0.717, 1.165) is 12.3 Å². The summed E-state index contributed by atoms with van der Waals surface area (Å²) in [5.41, 5.74) is -8.39. The van der Waals surface area contributed by atoms with E-state index in [0.29, 0.717) is 4.57 Å². The Hall–Kier alpha value is -2.71. The quantitative estimate of drug-likeness (QED) is 0.143. The molecule has 0 bridgehead atoms. The number of aromatic nitrogens is 2. The molecule has 14 nitrogen and oxygen atoms in total. The molecule has 1 aromatic carbocycles. The molecule has 0 spiro atoms. The lowest BCUT2D eigenvalue weighted by atomic mass is 9.88. The van der Waals surface area contributed by atoms with Crippen LogP contribution < -0.4 is 11.2 Å². The van der Waals surface area contributed by atoms with Crippen molar-refractivity contribution in [2.45, 2.75) is 23.7 Å². The third kappa shape index (κ3) is 3.40. The van der Waals surface area contributed by atoms with E-state index >= 15 is 0 Å². The molecule has 1 aliphatic heterocycles. The Morgan fingerprint density at radius 1 is 1.27 bits per heavy atom. The summed E-state index contributed by atoms with van der Waals surface area (Å²) in [4.78, 5) is 54.3. The third-order valence-electron chi connectivity index (χ3n) is 4.60. The Balaban J connectivity index is 2.31. The van der Waals surface area contributed by atoms with Crippen LogP contribution >= 0.6 is 7.82 Å². The highest BCUT2D eigenvalue weighted by Crippen LogP contribution is 2.49. The number of aliphatic hydroxyl groups is 2. The summed E-state index contributed by atoms with van der Waals surface area (Å²) >= 11 is 0. The second kappa shape index (κ2) is 7.52. The number of nitrogens with zero attached hydrogens (tertiary/aromatic N) is 2. The molecular weight excluding hydrogens is 429 g/mol. The molecule has 1 saturated heterocycles. The molecule has 1 aromatic heterocycles. The van der Waals surface area contributed by atoms with Crippen molar-refractivity contribution in [2.75, 3.05) is 6.61 Å². The summed E-state index contributed by atoms with van der Waals surface area (Å²) in [5.74, 6) is 0. The number of nitrogens with one attached hydrogen (secondary N) is 1. The van der Waals surface area contributed by atoms with Gasteiger partial charge in [0.25, 0.3) is 11.3 Å². The molecule has 1 fully saturated rings. The summed E-state index contributed by atoms with van der Waals surface area (Å²) in [6.45, 7) is -1.06. The van der Waals surface area contributed by atoms with Gasteiger partial charge >= 0.3 is 19.2 Å². The molecule has 1 aliphatic rings. The van der Waals surface area contributed by atoms with Gasteiger partial charge in [-0.1, -0.05) is 30.3 Å². The number of aliphatic hydroxyl groups excluding tert-OH is 1. The first-order chi connectivity index (χ1) is 13.9. The van der Waals surface area contributed by atoms with E-state index in [9.17, 15) is 34.5 Å². The molecule has 30 heavy (non-hydrogen) atoms. The minimum Gasteiger partial charge on any atom is -0.380 e. The first-order valence-electron chi connectivity index (χ1n) is 8.24. The van der Waals surface area contributed by atoms with Crippen molar-refractivity contribution in [1.82, 2.24) is 9.55 Å². The Morgan fingerprint density at radius 3 is 2.43 bits per heavy atom. The predicted molar refractivity (Wildman–Crippen MR) is 95.7 cm³/mol. The molecule has 2 heterocycles. The van der Waals surface area contributed by atoms with Crippen LogP contribution in [0, 0.1) is 10.1 Å². The number of ether oxygens (including phenoxy) is 1. The zero-order valence-corrected chi connectivity index (χ0v) is 15.8. The molecule has 15 heteroatoms. The highest BCUT2D eigenvalue weighted by Gasteiger charge is 2.77. The molecule has 2 aromatic rings. The van der Waals surface area contributed by atoms with Gasteiger partial charge in [0, 0.05) is 17.8 Å². The molecule has 4 atom stereocenters. The van der Waals surface area contributed by atoms with Crippen molar-refractivity contribution in [1.29, 1.82) is 0 Å². The number of benzene rings is 1. The summed E-state index contributed by atoms with van der Waals surface area (Å²) < 4.78 is 21.4. The van der Waals surface area contributed by atoms with Crippen LogP contribution in [0.4, 0.5) is 0 Å². The zero-order valence-electron chi connectivity index (χ0n) is 14.9. The van der Waals surface area contributed by atoms with Gasteiger partial charge in [-0.15, -0.1) is 0 Å². The fraction of sp³-hybridized carbons (Fsp3) is 0.333. The molecule has 162 valence electrons. The average Bonchev–Trinajstić information content (AvgIpc) is 2.90. The second-order valence-corrected chi connectivity index (χ2v) is 7.60. The van der Waals surface area contributed by atoms with Crippen LogP contribution in [0.2, 0.25) is 0 Å². The van der Waals surface area contributed by atoms with Crippen LogP contribution in [0.1, 0.15) is 5.56 Å². The highest BCUT2D eigenvalue weighted by molar-refractivity contribution is 7.46. The zero-order chi connectivity index (χ0) is 22.3. The number of phosphoric acid groups is 1. The van der Waals surface area contributed by atoms with Crippen LogP contribution in [0.5, 0.6) is 0 Å². The first-order valence-corrected chi connectivity index (χ1v) is 9.77. The fourth-order valence-corrected chi connectivity index (χ4v) is 3.68. The van der Waals surface area contributed by atoms with Crippen LogP contribution in [-0.4, -0.2) is 59.0 Å². The van der Waals surface area contributed by atoms with Gasteiger partial charge in [-0.05, 0) is 0 Å². The van der Waals surface area contributed by atoms with E-state index in [1.807, 2.05) is 4.98 Å². The number of phosphoric ester groups is 1. The molecule has 5 N–H and O–H groups in total. The first kappa shape index (κ1) is 22.0. The van der Waals surface area contributed by atoms with Gasteiger partial charge < -0.3 is 24.7 Å². The molecule has 3 rings (SSSR count). The Bertz CT molecular complexity index is 1110. The number of hydrogen-bond acceptors (Lipinski definition) is 9. The van der Waals surface area contributed by atoms with Crippen LogP contribution in [0.25, 0.3) is 0 Å².